The molecular formula is C14H18BrNO5. The van der Waals surface area contributed by atoms with E-state index in [-0.39, 0.29) is 11.5 Å². The van der Waals surface area contributed by atoms with E-state index < -0.39 is 5.97 Å². The maximum absolute atomic E-state index is 11.1. The Kier molecular flexibility index (Phi) is 7.01. The van der Waals surface area contributed by atoms with Gasteiger partial charge in [0.25, 0.3) is 0 Å². The van der Waals surface area contributed by atoms with E-state index in [2.05, 4.69) is 21.2 Å². The number of benzene rings is 1. The average Bonchev–Trinajstić information content (AvgIpc) is 2.45. The van der Waals surface area contributed by atoms with Gasteiger partial charge < -0.3 is 19.9 Å². The molecule has 1 aromatic carbocycles. The summed E-state index contributed by atoms with van der Waals surface area (Å²) in [5.41, 5.74) is 0.114. The SMILES string of the molecule is CCOc1cc(C(=O)O)cc(Br)c1OCCCC(=O)NC. The molecule has 0 unspecified atom stereocenters. The minimum Gasteiger partial charge on any atom is -0.490 e. The van der Waals surface area contributed by atoms with Crippen molar-refractivity contribution in [2.45, 2.75) is 19.8 Å². The standard InChI is InChI=1S/C14H18BrNO5/c1-3-20-11-8-9(14(18)19)7-10(15)13(11)21-6-4-5-12(17)16-2/h7-8H,3-6H2,1-2H3,(H,16,17)(H,18,19). The molecule has 1 amide bonds. The maximum Gasteiger partial charge on any atom is 0.335 e. The summed E-state index contributed by atoms with van der Waals surface area (Å²) in [6.45, 7) is 2.53. The van der Waals surface area contributed by atoms with Gasteiger partial charge in [0.15, 0.2) is 11.5 Å². The predicted octanol–water partition coefficient (Wildman–Crippen LogP) is 2.45. The molecule has 0 atom stereocenters. The van der Waals surface area contributed by atoms with Crippen molar-refractivity contribution < 1.29 is 24.2 Å². The molecular weight excluding hydrogens is 342 g/mol. The number of carbonyl (C=O) groups is 2. The molecule has 0 bridgehead atoms. The second-order valence-corrected chi connectivity index (χ2v) is 5.00. The first kappa shape index (κ1) is 17.3. The van der Waals surface area contributed by atoms with Crippen LogP contribution in [-0.4, -0.2) is 37.2 Å². The maximum atomic E-state index is 11.1. The van der Waals surface area contributed by atoms with E-state index in [0.717, 1.165) is 0 Å². The minimum absolute atomic E-state index is 0.0519. The largest absolute Gasteiger partial charge is 0.490 e. The Morgan fingerprint density at radius 3 is 2.62 bits per heavy atom. The molecule has 0 aliphatic heterocycles. The van der Waals surface area contributed by atoms with Gasteiger partial charge in [0.05, 0.1) is 23.2 Å². The van der Waals surface area contributed by atoms with E-state index in [1.54, 1.807) is 14.0 Å². The van der Waals surface area contributed by atoms with Crippen LogP contribution in [-0.2, 0) is 4.79 Å². The molecule has 6 nitrogen and oxygen atoms in total. The highest BCUT2D eigenvalue weighted by molar-refractivity contribution is 9.10. The first-order chi connectivity index (χ1) is 9.99. The van der Waals surface area contributed by atoms with E-state index >= 15 is 0 Å². The van der Waals surface area contributed by atoms with E-state index in [1.165, 1.54) is 12.1 Å². The number of carboxylic acids is 1. The lowest BCUT2D eigenvalue weighted by Crippen LogP contribution is -2.18. The van der Waals surface area contributed by atoms with Crippen molar-refractivity contribution in [3.63, 3.8) is 0 Å². The summed E-state index contributed by atoms with van der Waals surface area (Å²) in [5.74, 6) is -0.283. The number of nitrogens with one attached hydrogen (secondary N) is 1. The van der Waals surface area contributed by atoms with E-state index in [1.807, 2.05) is 0 Å². The molecule has 0 spiro atoms. The Balaban J connectivity index is 2.80. The van der Waals surface area contributed by atoms with Crippen molar-refractivity contribution in [3.05, 3.63) is 22.2 Å². The molecule has 0 aliphatic rings. The molecule has 0 fully saturated rings. The van der Waals surface area contributed by atoms with Gasteiger partial charge in [-0.15, -0.1) is 0 Å². The monoisotopic (exact) mass is 359 g/mol. The van der Waals surface area contributed by atoms with Gasteiger partial charge in [0.1, 0.15) is 0 Å². The summed E-state index contributed by atoms with van der Waals surface area (Å²) in [6, 6.07) is 2.88. The lowest BCUT2D eigenvalue weighted by molar-refractivity contribution is -0.120. The van der Waals surface area contributed by atoms with Crippen LogP contribution in [0.15, 0.2) is 16.6 Å². The van der Waals surface area contributed by atoms with Crippen molar-refractivity contribution in [1.82, 2.24) is 5.32 Å². The van der Waals surface area contributed by atoms with Crippen LogP contribution >= 0.6 is 15.9 Å². The highest BCUT2D eigenvalue weighted by Gasteiger charge is 2.15. The molecule has 0 heterocycles. The second kappa shape index (κ2) is 8.51. The van der Waals surface area contributed by atoms with Gasteiger partial charge in [-0.05, 0) is 41.4 Å². The van der Waals surface area contributed by atoms with Crippen LogP contribution in [0.3, 0.4) is 0 Å². The Morgan fingerprint density at radius 1 is 1.33 bits per heavy atom. The zero-order valence-electron chi connectivity index (χ0n) is 11.9. The third kappa shape index (κ3) is 5.26. The summed E-state index contributed by atoms with van der Waals surface area (Å²) in [5, 5.41) is 11.6. The number of rotatable bonds is 8. The Hall–Kier alpha value is -1.76. The van der Waals surface area contributed by atoms with Crippen molar-refractivity contribution >= 4 is 27.8 Å². The molecule has 0 saturated heterocycles. The Labute approximate surface area is 131 Å². The second-order valence-electron chi connectivity index (χ2n) is 4.15. The Bertz CT molecular complexity index is 518. The van der Waals surface area contributed by atoms with Gasteiger partial charge in [-0.1, -0.05) is 0 Å². The number of amides is 1. The minimum atomic E-state index is -1.04. The fraction of sp³-hybridized carbons (Fsp3) is 0.429. The molecule has 0 saturated carbocycles. The highest BCUT2D eigenvalue weighted by atomic mass is 79.9. The number of carbonyl (C=O) groups excluding carboxylic acids is 1. The molecule has 0 aliphatic carbocycles. The number of ether oxygens (including phenoxy) is 2. The van der Waals surface area contributed by atoms with Gasteiger partial charge in [0, 0.05) is 13.5 Å². The molecule has 2 N–H and O–H groups in total. The molecule has 21 heavy (non-hydrogen) atoms. The molecule has 1 aromatic rings. The smallest absolute Gasteiger partial charge is 0.335 e. The zero-order chi connectivity index (χ0) is 15.8. The van der Waals surface area contributed by atoms with Crippen LogP contribution in [0, 0.1) is 0 Å². The van der Waals surface area contributed by atoms with Gasteiger partial charge in [-0.3, -0.25) is 4.79 Å². The average molecular weight is 360 g/mol. The zero-order valence-corrected chi connectivity index (χ0v) is 13.5. The van der Waals surface area contributed by atoms with Gasteiger partial charge in [-0.2, -0.15) is 0 Å². The molecule has 116 valence electrons. The number of carboxylic acid groups (broad SMARTS) is 1. The van der Waals surface area contributed by atoms with Gasteiger partial charge in [0.2, 0.25) is 5.91 Å². The normalized spacial score (nSPS) is 10.0. The number of halogens is 1. The lowest BCUT2D eigenvalue weighted by atomic mass is 10.2. The van der Waals surface area contributed by atoms with Crippen LogP contribution in [0.1, 0.15) is 30.1 Å². The first-order valence-corrected chi connectivity index (χ1v) is 7.31. The predicted molar refractivity (Wildman–Crippen MR) is 81.1 cm³/mol. The topological polar surface area (TPSA) is 84.9 Å². The third-order valence-electron chi connectivity index (χ3n) is 2.63. The van der Waals surface area contributed by atoms with Gasteiger partial charge in [-0.25, -0.2) is 4.79 Å². The van der Waals surface area contributed by atoms with Crippen LogP contribution in [0.2, 0.25) is 0 Å². The van der Waals surface area contributed by atoms with Crippen molar-refractivity contribution in [2.75, 3.05) is 20.3 Å². The third-order valence-corrected chi connectivity index (χ3v) is 3.22. The van der Waals surface area contributed by atoms with E-state index in [0.29, 0.717) is 42.0 Å². The summed E-state index contributed by atoms with van der Waals surface area (Å²) >= 11 is 3.28. The summed E-state index contributed by atoms with van der Waals surface area (Å²) in [6.07, 6.45) is 0.920. The fourth-order valence-corrected chi connectivity index (χ4v) is 2.18. The summed E-state index contributed by atoms with van der Waals surface area (Å²) in [4.78, 5) is 22.1. The van der Waals surface area contributed by atoms with Crippen molar-refractivity contribution in [1.29, 1.82) is 0 Å². The van der Waals surface area contributed by atoms with E-state index in [9.17, 15) is 9.59 Å². The quantitative estimate of drug-likeness (QED) is 0.696. The van der Waals surface area contributed by atoms with Crippen LogP contribution in [0.25, 0.3) is 0 Å². The van der Waals surface area contributed by atoms with Crippen molar-refractivity contribution in [2.24, 2.45) is 0 Å². The van der Waals surface area contributed by atoms with Crippen LogP contribution in [0.5, 0.6) is 11.5 Å². The van der Waals surface area contributed by atoms with Crippen LogP contribution in [0.4, 0.5) is 0 Å². The Morgan fingerprint density at radius 2 is 2.05 bits per heavy atom. The highest BCUT2D eigenvalue weighted by Crippen LogP contribution is 2.37. The number of aromatic carboxylic acids is 1. The number of hydrogen-bond acceptors (Lipinski definition) is 4. The molecule has 7 heteroatoms. The summed E-state index contributed by atoms with van der Waals surface area (Å²) in [7, 11) is 1.58. The van der Waals surface area contributed by atoms with Gasteiger partial charge >= 0.3 is 5.97 Å². The molecule has 0 radical (unpaired) electrons. The molecule has 0 aromatic heterocycles. The number of hydrogen-bond donors (Lipinski definition) is 2. The fourth-order valence-electron chi connectivity index (χ4n) is 1.63. The molecule has 1 rings (SSSR count). The van der Waals surface area contributed by atoms with E-state index in [4.69, 9.17) is 14.6 Å². The van der Waals surface area contributed by atoms with Crippen LogP contribution < -0.4 is 14.8 Å². The van der Waals surface area contributed by atoms with Crippen molar-refractivity contribution in [3.8, 4) is 11.5 Å². The lowest BCUT2D eigenvalue weighted by Gasteiger charge is -2.14. The first-order valence-electron chi connectivity index (χ1n) is 6.52. The summed E-state index contributed by atoms with van der Waals surface area (Å²) < 4.78 is 11.5.